The SMILES string of the molecule is CNCCCC(=O)N1CCOC(c2nccs2)C1.Cl.Cl. The Labute approximate surface area is 135 Å². The van der Waals surface area contributed by atoms with E-state index in [9.17, 15) is 4.79 Å². The molecule has 1 aromatic heterocycles. The number of aromatic nitrogens is 1. The summed E-state index contributed by atoms with van der Waals surface area (Å²) in [6.45, 7) is 2.81. The molecule has 0 spiro atoms. The normalized spacial score (nSPS) is 18.1. The Hall–Kier alpha value is -0.400. The largest absolute Gasteiger partial charge is 0.367 e. The van der Waals surface area contributed by atoms with E-state index in [2.05, 4.69) is 10.3 Å². The maximum Gasteiger partial charge on any atom is 0.222 e. The fourth-order valence-corrected chi connectivity index (χ4v) is 2.67. The fourth-order valence-electron chi connectivity index (χ4n) is 1.99. The second kappa shape index (κ2) is 10.3. The molecule has 1 N–H and O–H groups in total. The highest BCUT2D eigenvalue weighted by atomic mass is 35.5. The Kier molecular flexibility index (Phi) is 10.1. The summed E-state index contributed by atoms with van der Waals surface area (Å²) in [6, 6.07) is 0. The highest BCUT2D eigenvalue weighted by molar-refractivity contribution is 7.09. The molecule has 0 saturated carbocycles. The van der Waals surface area contributed by atoms with Crippen LogP contribution >= 0.6 is 36.2 Å². The van der Waals surface area contributed by atoms with E-state index in [-0.39, 0.29) is 36.8 Å². The first kappa shape index (κ1) is 19.6. The maximum atomic E-state index is 12.0. The van der Waals surface area contributed by atoms with Crippen LogP contribution in [-0.2, 0) is 9.53 Å². The van der Waals surface area contributed by atoms with Crippen LogP contribution < -0.4 is 5.32 Å². The standard InChI is InChI=1S/C12H19N3O2S.2ClH/c1-13-4-2-3-11(16)15-6-7-17-10(9-15)12-14-5-8-18-12;;/h5,8,10,13H,2-4,6-7,9H2,1H3;2*1H. The topological polar surface area (TPSA) is 54.5 Å². The molecule has 2 rings (SSSR count). The van der Waals surface area contributed by atoms with Crippen LogP contribution in [0.3, 0.4) is 0 Å². The first-order valence-electron chi connectivity index (χ1n) is 6.24. The number of hydrogen-bond acceptors (Lipinski definition) is 5. The highest BCUT2D eigenvalue weighted by Crippen LogP contribution is 2.24. The Balaban J connectivity index is 0.00000180. The molecule has 116 valence electrons. The molecule has 1 aliphatic heterocycles. The number of nitrogens with zero attached hydrogens (tertiary/aromatic N) is 2. The minimum absolute atomic E-state index is 0. The predicted molar refractivity (Wildman–Crippen MR) is 85.0 cm³/mol. The van der Waals surface area contributed by atoms with Gasteiger partial charge in [-0.2, -0.15) is 0 Å². The number of nitrogens with one attached hydrogen (secondary N) is 1. The minimum Gasteiger partial charge on any atom is -0.367 e. The number of hydrogen-bond donors (Lipinski definition) is 1. The van der Waals surface area contributed by atoms with Gasteiger partial charge in [-0.15, -0.1) is 36.2 Å². The molecule has 1 unspecified atom stereocenters. The molecular weight excluding hydrogens is 321 g/mol. The van der Waals surface area contributed by atoms with Gasteiger partial charge in [-0.1, -0.05) is 0 Å². The average molecular weight is 342 g/mol. The summed E-state index contributed by atoms with van der Waals surface area (Å²) in [5.74, 6) is 0.218. The van der Waals surface area contributed by atoms with E-state index < -0.39 is 0 Å². The summed E-state index contributed by atoms with van der Waals surface area (Å²) in [5.41, 5.74) is 0. The first-order chi connectivity index (χ1) is 8.81. The molecule has 1 aliphatic rings. The van der Waals surface area contributed by atoms with Crippen molar-refractivity contribution in [2.75, 3.05) is 33.3 Å². The van der Waals surface area contributed by atoms with Gasteiger partial charge in [0, 0.05) is 24.5 Å². The Bertz CT molecular complexity index is 379. The van der Waals surface area contributed by atoms with Crippen molar-refractivity contribution in [3.8, 4) is 0 Å². The number of morpholine rings is 1. The minimum atomic E-state index is -0.0491. The summed E-state index contributed by atoms with van der Waals surface area (Å²) in [4.78, 5) is 18.2. The van der Waals surface area contributed by atoms with Crippen LogP contribution in [0.4, 0.5) is 0 Å². The van der Waals surface area contributed by atoms with Crippen LogP contribution in [0.15, 0.2) is 11.6 Å². The molecule has 1 atom stereocenters. The van der Waals surface area contributed by atoms with Gasteiger partial charge in [-0.3, -0.25) is 4.79 Å². The van der Waals surface area contributed by atoms with Crippen molar-refractivity contribution in [2.24, 2.45) is 0 Å². The van der Waals surface area contributed by atoms with Crippen LogP contribution in [0.5, 0.6) is 0 Å². The second-order valence-electron chi connectivity index (χ2n) is 4.28. The lowest BCUT2D eigenvalue weighted by Gasteiger charge is -2.32. The Morgan fingerprint density at radius 2 is 2.40 bits per heavy atom. The quantitative estimate of drug-likeness (QED) is 0.831. The number of thiazole rings is 1. The van der Waals surface area contributed by atoms with Gasteiger partial charge in [0.25, 0.3) is 0 Å². The molecule has 20 heavy (non-hydrogen) atoms. The third-order valence-electron chi connectivity index (χ3n) is 2.96. The Morgan fingerprint density at radius 3 is 3.05 bits per heavy atom. The summed E-state index contributed by atoms with van der Waals surface area (Å²) in [5, 5.41) is 5.95. The van der Waals surface area contributed by atoms with Gasteiger partial charge in [-0.25, -0.2) is 4.98 Å². The summed E-state index contributed by atoms with van der Waals surface area (Å²) < 4.78 is 5.67. The van der Waals surface area contributed by atoms with Crippen LogP contribution in [0.1, 0.15) is 24.0 Å². The molecule has 1 fully saturated rings. The number of amides is 1. The van der Waals surface area contributed by atoms with Gasteiger partial charge in [0.2, 0.25) is 5.91 Å². The third-order valence-corrected chi connectivity index (χ3v) is 3.83. The van der Waals surface area contributed by atoms with Gasteiger partial charge in [0.05, 0.1) is 13.2 Å². The number of ether oxygens (including phenoxy) is 1. The zero-order chi connectivity index (χ0) is 12.8. The third kappa shape index (κ3) is 5.54. The fraction of sp³-hybridized carbons (Fsp3) is 0.667. The molecule has 1 saturated heterocycles. The van der Waals surface area contributed by atoms with Gasteiger partial charge in [0.15, 0.2) is 0 Å². The maximum absolute atomic E-state index is 12.0. The van der Waals surface area contributed by atoms with E-state index in [4.69, 9.17) is 4.74 Å². The summed E-state index contributed by atoms with van der Waals surface area (Å²) >= 11 is 1.58. The van der Waals surface area contributed by atoms with Gasteiger partial charge < -0.3 is 15.0 Å². The molecule has 1 aromatic rings. The number of carbonyl (C=O) groups excluding carboxylic acids is 1. The van der Waals surface area contributed by atoms with Crippen molar-refractivity contribution in [1.29, 1.82) is 0 Å². The van der Waals surface area contributed by atoms with E-state index in [0.29, 0.717) is 26.1 Å². The van der Waals surface area contributed by atoms with Crippen molar-refractivity contribution in [2.45, 2.75) is 18.9 Å². The smallest absolute Gasteiger partial charge is 0.222 e. The van der Waals surface area contributed by atoms with Gasteiger partial charge in [-0.05, 0) is 20.0 Å². The Morgan fingerprint density at radius 1 is 1.60 bits per heavy atom. The van der Waals surface area contributed by atoms with Gasteiger partial charge >= 0.3 is 0 Å². The van der Waals surface area contributed by atoms with Crippen molar-refractivity contribution >= 4 is 42.1 Å². The zero-order valence-corrected chi connectivity index (χ0v) is 13.9. The molecular formula is C12H21Cl2N3O2S. The monoisotopic (exact) mass is 341 g/mol. The molecule has 5 nitrogen and oxygen atoms in total. The lowest BCUT2D eigenvalue weighted by molar-refractivity contribution is -0.139. The van der Waals surface area contributed by atoms with E-state index in [1.807, 2.05) is 17.3 Å². The molecule has 0 radical (unpaired) electrons. The first-order valence-corrected chi connectivity index (χ1v) is 7.12. The molecule has 8 heteroatoms. The van der Waals surface area contributed by atoms with Crippen LogP contribution in [-0.4, -0.2) is 49.1 Å². The van der Waals surface area contributed by atoms with E-state index in [1.54, 1.807) is 17.5 Å². The summed E-state index contributed by atoms with van der Waals surface area (Å²) in [6.07, 6.45) is 3.21. The molecule has 0 aliphatic carbocycles. The zero-order valence-electron chi connectivity index (χ0n) is 11.4. The van der Waals surface area contributed by atoms with E-state index >= 15 is 0 Å². The van der Waals surface area contributed by atoms with Crippen molar-refractivity contribution in [1.82, 2.24) is 15.2 Å². The van der Waals surface area contributed by atoms with Crippen molar-refractivity contribution in [3.05, 3.63) is 16.6 Å². The average Bonchev–Trinajstić information content (AvgIpc) is 2.93. The van der Waals surface area contributed by atoms with Crippen molar-refractivity contribution in [3.63, 3.8) is 0 Å². The van der Waals surface area contributed by atoms with E-state index in [1.165, 1.54) is 0 Å². The highest BCUT2D eigenvalue weighted by Gasteiger charge is 2.26. The molecule has 1 amide bonds. The number of rotatable bonds is 5. The number of halogens is 2. The lowest BCUT2D eigenvalue weighted by Crippen LogP contribution is -2.42. The summed E-state index contributed by atoms with van der Waals surface area (Å²) in [7, 11) is 1.90. The van der Waals surface area contributed by atoms with Crippen molar-refractivity contribution < 1.29 is 9.53 Å². The molecule has 0 bridgehead atoms. The molecule has 0 aromatic carbocycles. The molecule has 2 heterocycles. The number of carbonyl (C=O) groups is 1. The lowest BCUT2D eigenvalue weighted by atomic mass is 10.2. The van der Waals surface area contributed by atoms with Crippen LogP contribution in [0.25, 0.3) is 0 Å². The van der Waals surface area contributed by atoms with Crippen LogP contribution in [0.2, 0.25) is 0 Å². The van der Waals surface area contributed by atoms with E-state index in [0.717, 1.165) is 18.0 Å². The predicted octanol–water partition coefficient (Wildman–Crippen LogP) is 1.89. The van der Waals surface area contributed by atoms with Gasteiger partial charge in [0.1, 0.15) is 11.1 Å². The second-order valence-corrected chi connectivity index (χ2v) is 5.20. The van der Waals surface area contributed by atoms with Crippen LogP contribution in [0, 0.1) is 0 Å².